The monoisotopic (exact) mass is 310 g/mol. The van der Waals surface area contributed by atoms with Gasteiger partial charge in [0.15, 0.2) is 0 Å². The fraction of sp³-hybridized carbons (Fsp3) is 0.263. The van der Waals surface area contributed by atoms with Crippen LogP contribution in [0, 0.1) is 0 Å². The average Bonchev–Trinajstić information content (AvgIpc) is 2.58. The van der Waals surface area contributed by atoms with Crippen molar-refractivity contribution in [3.05, 3.63) is 71.1 Å². The Hall–Kier alpha value is -2.46. The van der Waals surface area contributed by atoms with Crippen molar-refractivity contribution < 1.29 is 9.53 Å². The number of allylic oxidation sites excluding steroid dienone is 1. The Bertz CT molecular complexity index is 672. The molecule has 1 N–H and O–H groups in total. The molecule has 0 unspecified atom stereocenters. The number of nitrogens with one attached hydrogen (secondary N) is 1. The minimum atomic E-state index is -0.134. The van der Waals surface area contributed by atoms with Crippen LogP contribution in [0.15, 0.2) is 54.2 Å². The number of carbonyl (C=O) groups excluding carboxylic acids is 1. The number of carbonyl (C=O) groups is 1. The molecule has 1 heterocycles. The van der Waals surface area contributed by atoms with E-state index in [9.17, 15) is 4.79 Å². The predicted molar refractivity (Wildman–Crippen MR) is 92.0 cm³/mol. The van der Waals surface area contributed by atoms with Gasteiger partial charge in [0.2, 0.25) is 0 Å². The maximum Gasteiger partial charge on any atom is 0.255 e. The van der Waals surface area contributed by atoms with Gasteiger partial charge in [0.05, 0.1) is 18.0 Å². The summed E-state index contributed by atoms with van der Waals surface area (Å²) in [5.41, 5.74) is 4.29. The number of pyridine rings is 1. The molecule has 1 aromatic carbocycles. The smallest absolute Gasteiger partial charge is 0.255 e. The Kier molecular flexibility index (Phi) is 6.06. The SMILES string of the molecule is COCCc1ccc(C(=O)NC(=C(C)C)c2ccccn2)cc1. The average molecular weight is 310 g/mol. The minimum Gasteiger partial charge on any atom is -0.384 e. The van der Waals surface area contributed by atoms with E-state index in [0.717, 1.165) is 28.9 Å². The zero-order chi connectivity index (χ0) is 16.7. The lowest BCUT2D eigenvalue weighted by molar-refractivity contribution is 0.0973. The van der Waals surface area contributed by atoms with Crippen molar-refractivity contribution in [2.75, 3.05) is 13.7 Å². The van der Waals surface area contributed by atoms with Crippen molar-refractivity contribution in [3.63, 3.8) is 0 Å². The Morgan fingerprint density at radius 1 is 1.13 bits per heavy atom. The lowest BCUT2D eigenvalue weighted by Gasteiger charge is -2.12. The lowest BCUT2D eigenvalue weighted by atomic mass is 10.1. The van der Waals surface area contributed by atoms with E-state index >= 15 is 0 Å². The van der Waals surface area contributed by atoms with Crippen LogP contribution in [0.4, 0.5) is 0 Å². The summed E-state index contributed by atoms with van der Waals surface area (Å²) in [6, 6.07) is 13.2. The lowest BCUT2D eigenvalue weighted by Crippen LogP contribution is -2.23. The van der Waals surface area contributed by atoms with E-state index in [1.165, 1.54) is 0 Å². The molecule has 4 heteroatoms. The van der Waals surface area contributed by atoms with E-state index in [1.54, 1.807) is 13.3 Å². The second-order valence-corrected chi connectivity index (χ2v) is 5.48. The van der Waals surface area contributed by atoms with Gasteiger partial charge in [-0.1, -0.05) is 23.8 Å². The topological polar surface area (TPSA) is 51.2 Å². The quantitative estimate of drug-likeness (QED) is 0.889. The maximum absolute atomic E-state index is 12.5. The van der Waals surface area contributed by atoms with Gasteiger partial charge in [0.25, 0.3) is 5.91 Å². The van der Waals surface area contributed by atoms with Crippen LogP contribution < -0.4 is 5.32 Å². The van der Waals surface area contributed by atoms with Gasteiger partial charge in [-0.05, 0) is 50.1 Å². The first-order chi connectivity index (χ1) is 11.1. The van der Waals surface area contributed by atoms with Crippen LogP contribution in [0.2, 0.25) is 0 Å². The van der Waals surface area contributed by atoms with Crippen molar-refractivity contribution in [3.8, 4) is 0 Å². The number of aromatic nitrogens is 1. The van der Waals surface area contributed by atoms with Crippen molar-refractivity contribution >= 4 is 11.6 Å². The molecule has 0 bridgehead atoms. The molecule has 4 nitrogen and oxygen atoms in total. The number of hydrogen-bond acceptors (Lipinski definition) is 3. The fourth-order valence-electron chi connectivity index (χ4n) is 2.18. The molecule has 0 radical (unpaired) electrons. The molecule has 0 saturated carbocycles. The van der Waals surface area contributed by atoms with Crippen LogP contribution >= 0.6 is 0 Å². The second kappa shape index (κ2) is 8.25. The van der Waals surface area contributed by atoms with Crippen molar-refractivity contribution in [2.45, 2.75) is 20.3 Å². The third-order valence-corrected chi connectivity index (χ3v) is 3.47. The highest BCUT2D eigenvalue weighted by Crippen LogP contribution is 2.14. The van der Waals surface area contributed by atoms with Crippen LogP contribution in [0.1, 0.15) is 35.5 Å². The van der Waals surface area contributed by atoms with E-state index in [0.29, 0.717) is 12.2 Å². The van der Waals surface area contributed by atoms with Crippen LogP contribution in [-0.2, 0) is 11.2 Å². The molecule has 120 valence electrons. The van der Waals surface area contributed by atoms with Gasteiger partial charge in [0.1, 0.15) is 0 Å². The molecule has 0 fully saturated rings. The Labute approximate surface area is 137 Å². The van der Waals surface area contributed by atoms with E-state index in [-0.39, 0.29) is 5.91 Å². The fourth-order valence-corrected chi connectivity index (χ4v) is 2.18. The highest BCUT2D eigenvalue weighted by Gasteiger charge is 2.11. The van der Waals surface area contributed by atoms with Gasteiger partial charge >= 0.3 is 0 Å². The summed E-state index contributed by atoms with van der Waals surface area (Å²) >= 11 is 0. The molecular weight excluding hydrogens is 288 g/mol. The number of amides is 1. The largest absolute Gasteiger partial charge is 0.384 e. The first kappa shape index (κ1) is 16.9. The first-order valence-corrected chi connectivity index (χ1v) is 7.60. The normalized spacial score (nSPS) is 10.2. The third-order valence-electron chi connectivity index (χ3n) is 3.47. The highest BCUT2D eigenvalue weighted by molar-refractivity contribution is 5.99. The zero-order valence-electron chi connectivity index (χ0n) is 13.8. The molecule has 1 amide bonds. The zero-order valence-corrected chi connectivity index (χ0v) is 13.8. The minimum absolute atomic E-state index is 0.134. The molecule has 0 spiro atoms. The summed E-state index contributed by atoms with van der Waals surface area (Å²) in [5, 5.41) is 2.97. The van der Waals surface area contributed by atoms with Crippen LogP contribution in [0.3, 0.4) is 0 Å². The second-order valence-electron chi connectivity index (χ2n) is 5.48. The molecule has 2 aromatic rings. The number of ether oxygens (including phenoxy) is 1. The molecule has 23 heavy (non-hydrogen) atoms. The first-order valence-electron chi connectivity index (χ1n) is 7.60. The summed E-state index contributed by atoms with van der Waals surface area (Å²) in [6.07, 6.45) is 2.56. The van der Waals surface area contributed by atoms with Crippen LogP contribution in [0.25, 0.3) is 5.70 Å². The molecule has 0 atom stereocenters. The third kappa shape index (κ3) is 4.76. The molecule has 0 aliphatic heterocycles. The molecule has 0 aliphatic carbocycles. The molecule has 0 saturated heterocycles. The van der Waals surface area contributed by atoms with Crippen molar-refractivity contribution in [1.29, 1.82) is 0 Å². The van der Waals surface area contributed by atoms with Crippen LogP contribution in [-0.4, -0.2) is 24.6 Å². The van der Waals surface area contributed by atoms with Crippen molar-refractivity contribution in [2.24, 2.45) is 0 Å². The van der Waals surface area contributed by atoms with Gasteiger partial charge in [-0.15, -0.1) is 0 Å². The Morgan fingerprint density at radius 2 is 1.87 bits per heavy atom. The van der Waals surface area contributed by atoms with E-state index in [2.05, 4.69) is 10.3 Å². The summed E-state index contributed by atoms with van der Waals surface area (Å²) in [5.74, 6) is -0.134. The predicted octanol–water partition coefficient (Wildman–Crippen LogP) is 3.45. The van der Waals surface area contributed by atoms with Gasteiger partial charge in [-0.2, -0.15) is 0 Å². The number of methoxy groups -OCH3 is 1. The summed E-state index contributed by atoms with van der Waals surface area (Å²) in [7, 11) is 1.68. The van der Waals surface area contributed by atoms with E-state index < -0.39 is 0 Å². The number of rotatable bonds is 6. The standard InChI is InChI=1S/C19H22N2O2/c1-14(2)18(17-6-4-5-12-20-17)21-19(22)16-9-7-15(8-10-16)11-13-23-3/h4-10,12H,11,13H2,1-3H3,(H,21,22). The van der Waals surface area contributed by atoms with Crippen molar-refractivity contribution in [1.82, 2.24) is 10.3 Å². The van der Waals surface area contributed by atoms with E-state index in [1.807, 2.05) is 56.3 Å². The molecular formula is C19H22N2O2. The number of nitrogens with zero attached hydrogens (tertiary/aromatic N) is 1. The van der Waals surface area contributed by atoms with Gasteiger partial charge in [-0.25, -0.2) is 0 Å². The van der Waals surface area contributed by atoms with Crippen LogP contribution in [0.5, 0.6) is 0 Å². The molecule has 1 aromatic heterocycles. The van der Waals surface area contributed by atoms with E-state index in [4.69, 9.17) is 4.74 Å². The summed E-state index contributed by atoms with van der Waals surface area (Å²) in [6.45, 7) is 4.59. The summed E-state index contributed by atoms with van der Waals surface area (Å²) < 4.78 is 5.06. The van der Waals surface area contributed by atoms with Gasteiger partial charge in [0, 0.05) is 18.9 Å². The highest BCUT2D eigenvalue weighted by atomic mass is 16.5. The van der Waals surface area contributed by atoms with Gasteiger partial charge < -0.3 is 10.1 Å². The molecule has 2 rings (SSSR count). The maximum atomic E-state index is 12.5. The molecule has 0 aliphatic rings. The Morgan fingerprint density at radius 3 is 2.43 bits per heavy atom. The number of hydrogen-bond donors (Lipinski definition) is 1. The van der Waals surface area contributed by atoms with Gasteiger partial charge in [-0.3, -0.25) is 9.78 Å². The summed E-state index contributed by atoms with van der Waals surface area (Å²) in [4.78, 5) is 16.8. The number of benzene rings is 1. The Balaban J connectivity index is 2.12.